The molecule has 0 saturated carbocycles. The van der Waals surface area contributed by atoms with Crippen LogP contribution < -0.4 is 0 Å². The molecule has 0 aliphatic heterocycles. The highest BCUT2D eigenvalue weighted by Gasteiger charge is 2.20. The second-order valence-electron chi connectivity index (χ2n) is 4.53. The zero-order chi connectivity index (χ0) is 14.8. The average molecular weight is 273 g/mol. The third-order valence-electron chi connectivity index (χ3n) is 2.52. The lowest BCUT2D eigenvalue weighted by Gasteiger charge is -2.22. The van der Waals surface area contributed by atoms with Crippen molar-refractivity contribution in [3.8, 4) is 0 Å². The van der Waals surface area contributed by atoms with Crippen molar-refractivity contribution in [2.45, 2.75) is 40.0 Å². The van der Waals surface area contributed by atoms with E-state index in [4.69, 9.17) is 9.84 Å². The first kappa shape index (κ1) is 17.4. The molecule has 0 saturated heterocycles. The van der Waals surface area contributed by atoms with Crippen LogP contribution in [0.4, 0.5) is 0 Å². The Morgan fingerprint density at radius 3 is 2.32 bits per heavy atom. The summed E-state index contributed by atoms with van der Waals surface area (Å²) in [5, 5.41) is 8.66. The topological polar surface area (TPSA) is 83.9 Å². The Morgan fingerprint density at radius 2 is 1.84 bits per heavy atom. The van der Waals surface area contributed by atoms with Gasteiger partial charge in [-0.3, -0.25) is 14.4 Å². The summed E-state index contributed by atoms with van der Waals surface area (Å²) in [6.45, 7) is 6.01. The fraction of sp³-hybridized carbons (Fsp3) is 0.769. The normalized spacial score (nSPS) is 11.7. The van der Waals surface area contributed by atoms with Crippen LogP contribution in [0.5, 0.6) is 0 Å². The van der Waals surface area contributed by atoms with Gasteiger partial charge in [0.25, 0.3) is 0 Å². The van der Waals surface area contributed by atoms with Crippen molar-refractivity contribution >= 4 is 17.8 Å². The second kappa shape index (κ2) is 9.35. The zero-order valence-corrected chi connectivity index (χ0v) is 11.8. The van der Waals surface area contributed by atoms with Crippen molar-refractivity contribution in [3.63, 3.8) is 0 Å². The molecule has 0 aliphatic carbocycles. The number of rotatable bonds is 9. The minimum Gasteiger partial charge on any atom is -0.481 e. The highest BCUT2D eigenvalue weighted by atomic mass is 16.5. The van der Waals surface area contributed by atoms with Crippen LogP contribution in [0.1, 0.15) is 40.0 Å². The number of carboxylic acid groups (broad SMARTS) is 1. The van der Waals surface area contributed by atoms with Gasteiger partial charge in [0.2, 0.25) is 5.91 Å². The van der Waals surface area contributed by atoms with Crippen LogP contribution in [0.25, 0.3) is 0 Å². The molecular formula is C13H23NO5. The second-order valence-corrected chi connectivity index (χ2v) is 4.53. The van der Waals surface area contributed by atoms with Crippen LogP contribution in [-0.2, 0) is 19.1 Å². The Hall–Kier alpha value is -1.59. The Labute approximate surface area is 113 Å². The van der Waals surface area contributed by atoms with E-state index >= 15 is 0 Å². The fourth-order valence-electron chi connectivity index (χ4n) is 1.72. The number of hydrogen-bond acceptors (Lipinski definition) is 4. The molecule has 0 spiro atoms. The van der Waals surface area contributed by atoms with E-state index in [-0.39, 0.29) is 37.8 Å². The molecule has 19 heavy (non-hydrogen) atoms. The van der Waals surface area contributed by atoms with Gasteiger partial charge in [-0.25, -0.2) is 0 Å². The number of nitrogens with zero attached hydrogens (tertiary/aromatic N) is 1. The average Bonchev–Trinajstić information content (AvgIpc) is 2.27. The number of carbonyl (C=O) groups is 3. The molecule has 1 atom stereocenters. The standard InChI is InChI=1S/C13H23NO5/c1-4-6-14(9-13(18)19-5-2)11(15)7-10(3)8-12(16)17/h10H,4-9H2,1-3H3,(H,16,17). The predicted molar refractivity (Wildman–Crippen MR) is 69.5 cm³/mol. The van der Waals surface area contributed by atoms with Crippen LogP contribution in [0.3, 0.4) is 0 Å². The van der Waals surface area contributed by atoms with E-state index in [9.17, 15) is 14.4 Å². The SMILES string of the molecule is CCCN(CC(=O)OCC)C(=O)CC(C)CC(=O)O. The van der Waals surface area contributed by atoms with Gasteiger partial charge in [-0.1, -0.05) is 13.8 Å². The molecule has 6 heteroatoms. The summed E-state index contributed by atoms with van der Waals surface area (Å²) in [5.41, 5.74) is 0. The Balaban J connectivity index is 4.39. The van der Waals surface area contributed by atoms with Crippen LogP contribution in [0.2, 0.25) is 0 Å². The molecule has 0 rings (SSSR count). The Bertz CT molecular complexity index is 316. The molecule has 1 unspecified atom stereocenters. The summed E-state index contributed by atoms with van der Waals surface area (Å²) in [6, 6.07) is 0. The number of aliphatic carboxylic acids is 1. The molecule has 1 N–H and O–H groups in total. The number of hydrogen-bond donors (Lipinski definition) is 1. The number of carbonyl (C=O) groups excluding carboxylic acids is 2. The molecule has 0 radical (unpaired) electrons. The predicted octanol–water partition coefficient (Wildman–Crippen LogP) is 1.29. The molecule has 0 bridgehead atoms. The number of amides is 1. The van der Waals surface area contributed by atoms with Crippen molar-refractivity contribution in [3.05, 3.63) is 0 Å². The van der Waals surface area contributed by atoms with Gasteiger partial charge in [-0.05, 0) is 19.3 Å². The van der Waals surface area contributed by atoms with E-state index in [2.05, 4.69) is 0 Å². The largest absolute Gasteiger partial charge is 0.481 e. The van der Waals surface area contributed by atoms with E-state index in [0.717, 1.165) is 6.42 Å². The van der Waals surface area contributed by atoms with Gasteiger partial charge in [0.05, 0.1) is 6.61 Å². The lowest BCUT2D eigenvalue weighted by molar-refractivity contribution is -0.149. The Morgan fingerprint density at radius 1 is 1.21 bits per heavy atom. The van der Waals surface area contributed by atoms with Gasteiger partial charge in [0, 0.05) is 19.4 Å². The third kappa shape index (κ3) is 8.18. The zero-order valence-electron chi connectivity index (χ0n) is 11.8. The van der Waals surface area contributed by atoms with Crippen LogP contribution in [0, 0.1) is 5.92 Å². The first-order valence-corrected chi connectivity index (χ1v) is 6.55. The van der Waals surface area contributed by atoms with Crippen molar-refractivity contribution in [1.29, 1.82) is 0 Å². The molecule has 0 heterocycles. The van der Waals surface area contributed by atoms with Crippen LogP contribution in [0.15, 0.2) is 0 Å². The van der Waals surface area contributed by atoms with Crippen molar-refractivity contribution in [1.82, 2.24) is 4.90 Å². The molecule has 0 aromatic carbocycles. The van der Waals surface area contributed by atoms with Gasteiger partial charge in [0.1, 0.15) is 6.54 Å². The minimum atomic E-state index is -0.923. The number of carboxylic acids is 1. The molecule has 0 fully saturated rings. The van der Waals surface area contributed by atoms with E-state index in [1.165, 1.54) is 4.90 Å². The molecule has 0 aromatic rings. The maximum Gasteiger partial charge on any atom is 0.325 e. The summed E-state index contributed by atoms with van der Waals surface area (Å²) < 4.78 is 4.81. The highest BCUT2D eigenvalue weighted by Crippen LogP contribution is 2.10. The smallest absolute Gasteiger partial charge is 0.325 e. The molecular weight excluding hydrogens is 250 g/mol. The quantitative estimate of drug-likeness (QED) is 0.640. The van der Waals surface area contributed by atoms with Crippen molar-refractivity contribution < 1.29 is 24.2 Å². The van der Waals surface area contributed by atoms with Gasteiger partial charge in [-0.2, -0.15) is 0 Å². The Kier molecular flexibility index (Phi) is 8.57. The monoisotopic (exact) mass is 273 g/mol. The van der Waals surface area contributed by atoms with Gasteiger partial charge >= 0.3 is 11.9 Å². The minimum absolute atomic E-state index is 0.0505. The summed E-state index contributed by atoms with van der Waals surface area (Å²) in [6.07, 6.45) is 0.815. The van der Waals surface area contributed by atoms with Gasteiger partial charge < -0.3 is 14.7 Å². The molecule has 0 aromatic heterocycles. The third-order valence-corrected chi connectivity index (χ3v) is 2.52. The maximum atomic E-state index is 12.0. The van der Waals surface area contributed by atoms with Crippen molar-refractivity contribution in [2.24, 2.45) is 5.92 Å². The van der Waals surface area contributed by atoms with Gasteiger partial charge in [0.15, 0.2) is 0 Å². The van der Waals surface area contributed by atoms with E-state index < -0.39 is 11.9 Å². The van der Waals surface area contributed by atoms with Crippen molar-refractivity contribution in [2.75, 3.05) is 19.7 Å². The summed E-state index contributed by atoms with van der Waals surface area (Å²) in [4.78, 5) is 35.4. The number of esters is 1. The van der Waals surface area contributed by atoms with E-state index in [0.29, 0.717) is 6.54 Å². The summed E-state index contributed by atoms with van der Waals surface area (Å²) in [7, 11) is 0. The van der Waals surface area contributed by atoms with E-state index in [1.54, 1.807) is 13.8 Å². The fourth-order valence-corrected chi connectivity index (χ4v) is 1.72. The van der Waals surface area contributed by atoms with Crippen LogP contribution in [-0.4, -0.2) is 47.5 Å². The molecule has 6 nitrogen and oxygen atoms in total. The molecule has 110 valence electrons. The first-order chi connectivity index (χ1) is 8.90. The maximum absolute atomic E-state index is 12.0. The first-order valence-electron chi connectivity index (χ1n) is 6.55. The number of ether oxygens (including phenoxy) is 1. The van der Waals surface area contributed by atoms with E-state index in [1.807, 2.05) is 6.92 Å². The summed E-state index contributed by atoms with van der Waals surface area (Å²) in [5.74, 6) is -1.81. The molecule has 1 amide bonds. The highest BCUT2D eigenvalue weighted by molar-refractivity contribution is 5.82. The lowest BCUT2D eigenvalue weighted by Crippen LogP contribution is -2.37. The lowest BCUT2D eigenvalue weighted by atomic mass is 10.0. The van der Waals surface area contributed by atoms with Crippen LogP contribution >= 0.6 is 0 Å². The van der Waals surface area contributed by atoms with Gasteiger partial charge in [-0.15, -0.1) is 0 Å². The molecule has 0 aliphatic rings. The summed E-state index contributed by atoms with van der Waals surface area (Å²) >= 11 is 0.